The standard InChI is InChI=1S/C32H53NO16/c34-31(35)3-1-2-4-32(36)49-28-26-47-24-22-45-20-18-43-16-14-41-12-10-39-9-11-40-13-15-42-17-19-44-21-23-46-25-27-48-30-7-5-29(6-8-30)33(37)38/h5-8H,1-4,9-28H2,(H,34,35). The number of hydrogen-bond donors (Lipinski definition) is 1. The van der Waals surface area contributed by atoms with E-state index >= 15 is 0 Å². The molecule has 0 aromatic heterocycles. The zero-order valence-corrected chi connectivity index (χ0v) is 28.3. The summed E-state index contributed by atoms with van der Waals surface area (Å²) in [5, 5.41) is 19.2. The number of nitrogens with zero attached hydrogens (tertiary/aromatic N) is 1. The molecular weight excluding hydrogens is 654 g/mol. The molecule has 0 bridgehead atoms. The van der Waals surface area contributed by atoms with Gasteiger partial charge in [-0.05, 0) is 25.0 Å². The van der Waals surface area contributed by atoms with Crippen LogP contribution in [-0.4, -0.2) is 154 Å². The molecule has 0 heterocycles. The average molecular weight is 708 g/mol. The van der Waals surface area contributed by atoms with Crippen LogP contribution < -0.4 is 4.74 Å². The Kier molecular flexibility index (Phi) is 30.1. The topological polar surface area (TPSA) is 199 Å². The first-order valence-electron chi connectivity index (χ1n) is 16.4. The van der Waals surface area contributed by atoms with Crippen molar-refractivity contribution in [2.24, 2.45) is 0 Å². The minimum absolute atomic E-state index is 0.0181. The predicted molar refractivity (Wildman–Crippen MR) is 173 cm³/mol. The van der Waals surface area contributed by atoms with Crippen molar-refractivity contribution < 1.29 is 71.7 Å². The van der Waals surface area contributed by atoms with E-state index in [-0.39, 0.29) is 37.7 Å². The molecule has 1 aromatic rings. The van der Waals surface area contributed by atoms with Gasteiger partial charge < -0.3 is 57.2 Å². The number of carboxylic acid groups (broad SMARTS) is 1. The van der Waals surface area contributed by atoms with E-state index in [2.05, 4.69) is 0 Å². The number of carboxylic acids is 1. The van der Waals surface area contributed by atoms with E-state index < -0.39 is 10.9 Å². The fraction of sp³-hybridized carbons (Fsp3) is 0.750. The van der Waals surface area contributed by atoms with Gasteiger partial charge in [-0.2, -0.15) is 0 Å². The number of ether oxygens (including phenoxy) is 11. The molecule has 1 N–H and O–H groups in total. The second-order valence-electron chi connectivity index (χ2n) is 9.93. The Labute approximate surface area is 287 Å². The van der Waals surface area contributed by atoms with Gasteiger partial charge in [-0.1, -0.05) is 0 Å². The van der Waals surface area contributed by atoms with Crippen molar-refractivity contribution in [3.8, 4) is 5.75 Å². The third kappa shape index (κ3) is 30.8. The summed E-state index contributed by atoms with van der Waals surface area (Å²) in [6.07, 6.45) is 1.21. The number of nitro groups is 1. The molecule has 49 heavy (non-hydrogen) atoms. The second kappa shape index (κ2) is 33.5. The Morgan fingerprint density at radius 3 is 1.18 bits per heavy atom. The number of rotatable bonds is 37. The maximum atomic E-state index is 11.5. The average Bonchev–Trinajstić information content (AvgIpc) is 3.09. The Morgan fingerprint density at radius 2 is 0.837 bits per heavy atom. The predicted octanol–water partition coefficient (Wildman–Crippen LogP) is 2.31. The van der Waals surface area contributed by atoms with Crippen molar-refractivity contribution >= 4 is 17.6 Å². The molecule has 1 aromatic carbocycles. The molecular formula is C32H53NO16. The minimum atomic E-state index is -0.868. The molecule has 0 unspecified atom stereocenters. The fourth-order valence-electron chi connectivity index (χ4n) is 3.58. The first-order valence-corrected chi connectivity index (χ1v) is 16.4. The van der Waals surface area contributed by atoms with E-state index in [1.807, 2.05) is 0 Å². The summed E-state index contributed by atoms with van der Waals surface area (Å²) in [4.78, 5) is 32.1. The third-order valence-corrected chi connectivity index (χ3v) is 6.03. The Bertz CT molecular complexity index is 936. The highest BCUT2D eigenvalue weighted by molar-refractivity contribution is 5.69. The van der Waals surface area contributed by atoms with Gasteiger partial charge >= 0.3 is 11.9 Å². The summed E-state index contributed by atoms with van der Waals surface area (Å²) < 4.78 is 59.3. The van der Waals surface area contributed by atoms with E-state index in [0.717, 1.165) is 0 Å². The number of non-ortho nitro benzene ring substituents is 1. The quantitative estimate of drug-likeness (QED) is 0.0457. The normalized spacial score (nSPS) is 11.1. The van der Waals surface area contributed by atoms with Crippen LogP contribution in [0, 0.1) is 10.1 Å². The highest BCUT2D eigenvalue weighted by atomic mass is 16.6. The number of aliphatic carboxylic acids is 1. The lowest BCUT2D eigenvalue weighted by atomic mass is 10.2. The second-order valence-corrected chi connectivity index (χ2v) is 9.93. The molecule has 17 nitrogen and oxygen atoms in total. The fourth-order valence-corrected chi connectivity index (χ4v) is 3.58. The summed E-state index contributed by atoms with van der Waals surface area (Å²) in [5.74, 6) is -0.675. The van der Waals surface area contributed by atoms with Gasteiger partial charge in [0.05, 0.1) is 124 Å². The molecule has 0 saturated carbocycles. The van der Waals surface area contributed by atoms with E-state index in [1.54, 1.807) is 12.1 Å². The first kappa shape index (κ1) is 44.0. The van der Waals surface area contributed by atoms with Crippen LogP contribution in [0.4, 0.5) is 5.69 Å². The lowest BCUT2D eigenvalue weighted by molar-refractivity contribution is -0.384. The number of nitro benzene ring substituents is 1. The van der Waals surface area contributed by atoms with Gasteiger partial charge in [-0.15, -0.1) is 0 Å². The number of unbranched alkanes of at least 4 members (excludes halogenated alkanes) is 1. The van der Waals surface area contributed by atoms with Crippen LogP contribution in [0.5, 0.6) is 5.75 Å². The largest absolute Gasteiger partial charge is 0.491 e. The van der Waals surface area contributed by atoms with Crippen molar-refractivity contribution in [1.82, 2.24) is 0 Å². The Hall–Kier alpha value is -3.00. The van der Waals surface area contributed by atoms with Crippen molar-refractivity contribution in [2.45, 2.75) is 25.7 Å². The van der Waals surface area contributed by atoms with Gasteiger partial charge in [-0.25, -0.2) is 0 Å². The number of benzene rings is 1. The number of carbonyl (C=O) groups excluding carboxylic acids is 1. The van der Waals surface area contributed by atoms with E-state index in [9.17, 15) is 19.7 Å². The summed E-state index contributed by atoms with van der Waals surface area (Å²) in [6, 6.07) is 5.88. The summed E-state index contributed by atoms with van der Waals surface area (Å²) in [6.45, 7) is 8.23. The molecule has 0 spiro atoms. The molecule has 1 rings (SSSR count). The van der Waals surface area contributed by atoms with E-state index in [4.69, 9.17) is 57.2 Å². The molecule has 0 aliphatic carbocycles. The van der Waals surface area contributed by atoms with Crippen molar-refractivity contribution in [2.75, 3.05) is 132 Å². The molecule has 0 aliphatic rings. The van der Waals surface area contributed by atoms with Gasteiger partial charge in [0.15, 0.2) is 0 Å². The van der Waals surface area contributed by atoms with Crippen LogP contribution >= 0.6 is 0 Å². The van der Waals surface area contributed by atoms with Crippen LogP contribution in [0.25, 0.3) is 0 Å². The van der Waals surface area contributed by atoms with E-state index in [0.29, 0.717) is 138 Å². The van der Waals surface area contributed by atoms with Crippen LogP contribution in [0.15, 0.2) is 24.3 Å². The highest BCUT2D eigenvalue weighted by Gasteiger charge is 2.05. The lowest BCUT2D eigenvalue weighted by Gasteiger charge is -2.09. The molecule has 17 heteroatoms. The van der Waals surface area contributed by atoms with Crippen molar-refractivity contribution in [3.63, 3.8) is 0 Å². The highest BCUT2D eigenvalue weighted by Crippen LogP contribution is 2.17. The van der Waals surface area contributed by atoms with Crippen LogP contribution in [0.2, 0.25) is 0 Å². The molecule has 0 atom stereocenters. The van der Waals surface area contributed by atoms with Crippen LogP contribution in [0.1, 0.15) is 25.7 Å². The van der Waals surface area contributed by atoms with Gasteiger partial charge in [0.1, 0.15) is 19.0 Å². The zero-order chi connectivity index (χ0) is 35.5. The first-order chi connectivity index (χ1) is 24.0. The lowest BCUT2D eigenvalue weighted by Crippen LogP contribution is -2.15. The molecule has 0 radical (unpaired) electrons. The smallest absolute Gasteiger partial charge is 0.305 e. The SMILES string of the molecule is O=C(O)CCCCC(=O)OCCOCCOCCOCCOCCOCCOCCOCCOCCOCCOc1ccc([N+](=O)[O-])cc1. The zero-order valence-electron chi connectivity index (χ0n) is 28.3. The number of hydrogen-bond acceptors (Lipinski definition) is 15. The number of carbonyl (C=O) groups is 2. The van der Waals surface area contributed by atoms with Gasteiger partial charge in [0.25, 0.3) is 5.69 Å². The number of esters is 1. The van der Waals surface area contributed by atoms with Gasteiger partial charge in [-0.3, -0.25) is 19.7 Å². The van der Waals surface area contributed by atoms with Crippen molar-refractivity contribution in [1.29, 1.82) is 0 Å². The Morgan fingerprint density at radius 1 is 0.510 bits per heavy atom. The molecule has 282 valence electrons. The van der Waals surface area contributed by atoms with Crippen molar-refractivity contribution in [3.05, 3.63) is 34.4 Å². The monoisotopic (exact) mass is 707 g/mol. The van der Waals surface area contributed by atoms with Gasteiger partial charge in [0, 0.05) is 25.0 Å². The van der Waals surface area contributed by atoms with Crippen LogP contribution in [-0.2, 0) is 57.0 Å². The van der Waals surface area contributed by atoms with Gasteiger partial charge in [0.2, 0.25) is 0 Å². The summed E-state index contributed by atoms with van der Waals surface area (Å²) in [7, 11) is 0. The summed E-state index contributed by atoms with van der Waals surface area (Å²) in [5.41, 5.74) is 0.0181. The van der Waals surface area contributed by atoms with E-state index in [1.165, 1.54) is 12.1 Å². The molecule has 0 fully saturated rings. The molecule has 0 amide bonds. The van der Waals surface area contributed by atoms with Crippen LogP contribution in [0.3, 0.4) is 0 Å². The minimum Gasteiger partial charge on any atom is -0.491 e. The third-order valence-electron chi connectivity index (χ3n) is 6.03. The summed E-state index contributed by atoms with van der Waals surface area (Å²) >= 11 is 0. The Balaban J connectivity index is 1.67. The molecule has 0 saturated heterocycles. The molecule has 0 aliphatic heterocycles. The maximum absolute atomic E-state index is 11.5. The maximum Gasteiger partial charge on any atom is 0.305 e.